The number of hydrogen-bond acceptors (Lipinski definition) is 2. The lowest BCUT2D eigenvalue weighted by Crippen LogP contribution is -2.14. The number of hydrogen-bond donors (Lipinski definition) is 1. The van der Waals surface area contributed by atoms with Crippen molar-refractivity contribution >= 4 is 5.91 Å². The van der Waals surface area contributed by atoms with Crippen LogP contribution in [0.5, 0.6) is 0 Å². The van der Waals surface area contributed by atoms with Crippen LogP contribution in [0.2, 0.25) is 0 Å². The fourth-order valence-electron chi connectivity index (χ4n) is 0.848. The molecule has 1 aromatic rings. The molecule has 5 heteroatoms. The molecule has 1 rings (SSSR count). The lowest BCUT2D eigenvalue weighted by molar-refractivity contribution is -0.117. The normalized spacial score (nSPS) is 10.4. The molecule has 70 valence electrons. The summed E-state index contributed by atoms with van der Waals surface area (Å²) < 4.78 is 24.1. The average Bonchev–Trinajstić information content (AvgIpc) is 2.04. The Morgan fingerprint density at radius 1 is 1.54 bits per heavy atom. The zero-order valence-corrected chi connectivity index (χ0v) is 6.71. The highest BCUT2D eigenvalue weighted by atomic mass is 19.3. The molecule has 0 aliphatic heterocycles. The van der Waals surface area contributed by atoms with Crippen molar-refractivity contribution in [1.29, 1.82) is 0 Å². The van der Waals surface area contributed by atoms with Crippen LogP contribution in [0.3, 0.4) is 0 Å². The topological polar surface area (TPSA) is 56.0 Å². The van der Waals surface area contributed by atoms with Gasteiger partial charge < -0.3 is 5.73 Å². The summed E-state index contributed by atoms with van der Waals surface area (Å²) in [5.74, 6) is -0.530. The van der Waals surface area contributed by atoms with Gasteiger partial charge in [0.1, 0.15) is 0 Å². The van der Waals surface area contributed by atoms with Crippen molar-refractivity contribution in [3.05, 3.63) is 29.6 Å². The molecule has 0 aliphatic carbocycles. The fraction of sp³-hybridized carbons (Fsp3) is 0.250. The quantitative estimate of drug-likeness (QED) is 0.766. The Morgan fingerprint density at radius 2 is 2.23 bits per heavy atom. The molecule has 0 saturated heterocycles. The molecule has 0 atom stereocenters. The first kappa shape index (κ1) is 9.57. The van der Waals surface area contributed by atoms with Crippen LogP contribution in [0.15, 0.2) is 18.3 Å². The Bertz CT molecular complexity index is 298. The van der Waals surface area contributed by atoms with E-state index in [1.54, 1.807) is 0 Å². The van der Waals surface area contributed by atoms with Crippen molar-refractivity contribution in [2.45, 2.75) is 12.8 Å². The number of pyridine rings is 1. The van der Waals surface area contributed by atoms with E-state index >= 15 is 0 Å². The Morgan fingerprint density at radius 3 is 2.62 bits per heavy atom. The molecule has 1 aromatic heterocycles. The summed E-state index contributed by atoms with van der Waals surface area (Å²) >= 11 is 0. The number of halogens is 2. The molecule has 1 amide bonds. The van der Waals surface area contributed by atoms with Crippen molar-refractivity contribution in [2.24, 2.45) is 5.73 Å². The van der Waals surface area contributed by atoms with E-state index in [1.165, 1.54) is 12.1 Å². The van der Waals surface area contributed by atoms with Gasteiger partial charge >= 0.3 is 0 Å². The predicted octanol–water partition coefficient (Wildman–Crippen LogP) is 1.05. The zero-order valence-electron chi connectivity index (χ0n) is 6.71. The SMILES string of the molecule is NC(=O)Cc1ccc(C(F)F)cn1. The molecular formula is C8H8F2N2O. The Labute approximate surface area is 73.6 Å². The molecule has 13 heavy (non-hydrogen) atoms. The van der Waals surface area contributed by atoms with Gasteiger partial charge in [0.15, 0.2) is 0 Å². The monoisotopic (exact) mass is 186 g/mol. The lowest BCUT2D eigenvalue weighted by Gasteiger charge is -1.99. The molecule has 0 bridgehead atoms. The first-order valence-electron chi connectivity index (χ1n) is 3.61. The maximum Gasteiger partial charge on any atom is 0.265 e. The van der Waals surface area contributed by atoms with Gasteiger partial charge in [-0.1, -0.05) is 0 Å². The van der Waals surface area contributed by atoms with Crippen LogP contribution in [0.4, 0.5) is 8.78 Å². The first-order valence-corrected chi connectivity index (χ1v) is 3.61. The highest BCUT2D eigenvalue weighted by Gasteiger charge is 2.07. The standard InChI is InChI=1S/C8H8F2N2O/c9-8(10)5-1-2-6(12-4-5)3-7(11)13/h1-2,4,8H,3H2,(H2,11,13). The van der Waals surface area contributed by atoms with Crippen LogP contribution in [-0.4, -0.2) is 10.9 Å². The Kier molecular flexibility index (Phi) is 2.89. The van der Waals surface area contributed by atoms with E-state index in [2.05, 4.69) is 4.98 Å². The van der Waals surface area contributed by atoms with E-state index < -0.39 is 12.3 Å². The number of carbonyl (C=O) groups excluding carboxylic acids is 1. The van der Waals surface area contributed by atoms with Gasteiger partial charge in [0.2, 0.25) is 5.91 Å². The van der Waals surface area contributed by atoms with Crippen molar-refractivity contribution in [3.63, 3.8) is 0 Å². The number of carbonyl (C=O) groups is 1. The predicted molar refractivity (Wildman–Crippen MR) is 42.1 cm³/mol. The minimum atomic E-state index is -2.53. The van der Waals surface area contributed by atoms with Gasteiger partial charge in [-0.3, -0.25) is 9.78 Å². The summed E-state index contributed by atoms with van der Waals surface area (Å²) in [6.45, 7) is 0. The van der Waals surface area contributed by atoms with Crippen molar-refractivity contribution in [3.8, 4) is 0 Å². The van der Waals surface area contributed by atoms with Gasteiger partial charge in [0.05, 0.1) is 6.42 Å². The summed E-state index contributed by atoms with van der Waals surface area (Å²) in [5, 5.41) is 0. The van der Waals surface area contributed by atoms with Crippen molar-refractivity contribution < 1.29 is 13.6 Å². The zero-order chi connectivity index (χ0) is 9.84. The Balaban J connectivity index is 2.75. The third-order valence-electron chi connectivity index (χ3n) is 1.45. The Hall–Kier alpha value is -1.52. The number of primary amides is 1. The van der Waals surface area contributed by atoms with E-state index in [-0.39, 0.29) is 12.0 Å². The molecule has 0 radical (unpaired) electrons. The summed E-state index contributed by atoms with van der Waals surface area (Å²) in [4.78, 5) is 14.1. The van der Waals surface area contributed by atoms with E-state index in [1.807, 2.05) is 0 Å². The molecule has 0 spiro atoms. The van der Waals surface area contributed by atoms with Gasteiger partial charge in [-0.05, 0) is 12.1 Å². The maximum atomic E-state index is 12.0. The van der Waals surface area contributed by atoms with Crippen molar-refractivity contribution in [1.82, 2.24) is 4.98 Å². The fourth-order valence-corrected chi connectivity index (χ4v) is 0.848. The minimum Gasteiger partial charge on any atom is -0.369 e. The van der Waals surface area contributed by atoms with Crippen LogP contribution in [0.25, 0.3) is 0 Å². The average molecular weight is 186 g/mol. The maximum absolute atomic E-state index is 12.0. The second-order valence-corrected chi connectivity index (χ2v) is 2.53. The number of nitrogens with two attached hydrogens (primary N) is 1. The van der Waals surface area contributed by atoms with Crippen LogP contribution in [-0.2, 0) is 11.2 Å². The third kappa shape index (κ3) is 2.77. The molecule has 0 aromatic carbocycles. The number of aromatic nitrogens is 1. The number of rotatable bonds is 3. The molecule has 0 unspecified atom stereocenters. The van der Waals surface area contributed by atoms with Crippen LogP contribution in [0.1, 0.15) is 17.7 Å². The highest BCUT2D eigenvalue weighted by Crippen LogP contribution is 2.17. The second kappa shape index (κ2) is 3.93. The minimum absolute atomic E-state index is 0.0243. The third-order valence-corrected chi connectivity index (χ3v) is 1.45. The van der Waals surface area contributed by atoms with E-state index in [0.29, 0.717) is 5.69 Å². The molecule has 0 saturated carbocycles. The smallest absolute Gasteiger partial charge is 0.265 e. The van der Waals surface area contributed by atoms with E-state index in [9.17, 15) is 13.6 Å². The number of nitrogens with zero attached hydrogens (tertiary/aromatic N) is 1. The first-order chi connectivity index (χ1) is 6.09. The van der Waals surface area contributed by atoms with Crippen LogP contribution >= 0.6 is 0 Å². The van der Waals surface area contributed by atoms with E-state index in [0.717, 1.165) is 6.20 Å². The lowest BCUT2D eigenvalue weighted by atomic mass is 10.2. The van der Waals surface area contributed by atoms with Crippen LogP contribution in [0, 0.1) is 0 Å². The summed E-state index contributed by atoms with van der Waals surface area (Å²) in [5.41, 5.74) is 5.14. The summed E-state index contributed by atoms with van der Waals surface area (Å²) in [6.07, 6.45) is -1.51. The van der Waals surface area contributed by atoms with Crippen LogP contribution < -0.4 is 5.73 Å². The van der Waals surface area contributed by atoms with E-state index in [4.69, 9.17) is 5.73 Å². The summed E-state index contributed by atoms with van der Waals surface area (Å²) in [7, 11) is 0. The van der Waals surface area contributed by atoms with Crippen molar-refractivity contribution in [2.75, 3.05) is 0 Å². The number of amides is 1. The van der Waals surface area contributed by atoms with Gasteiger partial charge in [0, 0.05) is 17.5 Å². The highest BCUT2D eigenvalue weighted by molar-refractivity contribution is 5.76. The van der Waals surface area contributed by atoms with Gasteiger partial charge in [-0.15, -0.1) is 0 Å². The molecular weight excluding hydrogens is 178 g/mol. The van der Waals surface area contributed by atoms with Gasteiger partial charge in [0.25, 0.3) is 6.43 Å². The molecule has 0 fully saturated rings. The second-order valence-electron chi connectivity index (χ2n) is 2.53. The largest absolute Gasteiger partial charge is 0.369 e. The molecule has 3 nitrogen and oxygen atoms in total. The molecule has 2 N–H and O–H groups in total. The van der Waals surface area contributed by atoms with Gasteiger partial charge in [-0.2, -0.15) is 0 Å². The summed E-state index contributed by atoms with van der Waals surface area (Å²) in [6, 6.07) is 2.60. The van der Waals surface area contributed by atoms with Gasteiger partial charge in [-0.25, -0.2) is 8.78 Å². The number of alkyl halides is 2. The molecule has 0 aliphatic rings. The molecule has 1 heterocycles.